The van der Waals surface area contributed by atoms with Gasteiger partial charge in [0.05, 0.1) is 0 Å². The van der Waals surface area contributed by atoms with Crippen molar-refractivity contribution in [1.29, 1.82) is 0 Å². The van der Waals surface area contributed by atoms with Gasteiger partial charge in [0.15, 0.2) is 0 Å². The Morgan fingerprint density at radius 2 is 2.17 bits per heavy atom. The summed E-state index contributed by atoms with van der Waals surface area (Å²) in [4.78, 5) is 11.3. The first kappa shape index (κ1) is 13.1. The zero-order valence-electron chi connectivity index (χ0n) is 11.5. The first-order valence-corrected chi connectivity index (χ1v) is 6.73. The lowest BCUT2D eigenvalue weighted by Gasteiger charge is -2.36. The van der Waals surface area contributed by atoms with Gasteiger partial charge in [0.1, 0.15) is 17.5 Å². The summed E-state index contributed by atoms with van der Waals surface area (Å²) in [6, 6.07) is 1.93. The molecule has 0 saturated carbocycles. The number of aromatic nitrogens is 2. The summed E-state index contributed by atoms with van der Waals surface area (Å²) in [5.74, 6) is 9.49. The molecular formula is C13H23N5. The molecular weight excluding hydrogens is 226 g/mol. The van der Waals surface area contributed by atoms with Crippen LogP contribution in [0.5, 0.6) is 0 Å². The second-order valence-electron chi connectivity index (χ2n) is 5.21. The van der Waals surface area contributed by atoms with E-state index < -0.39 is 0 Å². The summed E-state index contributed by atoms with van der Waals surface area (Å²) in [6.07, 6.45) is 2.04. The Morgan fingerprint density at radius 1 is 1.39 bits per heavy atom. The van der Waals surface area contributed by atoms with Crippen molar-refractivity contribution >= 4 is 11.6 Å². The van der Waals surface area contributed by atoms with Crippen LogP contribution in [0.4, 0.5) is 11.6 Å². The number of hydrogen-bond donors (Lipinski definition) is 2. The summed E-state index contributed by atoms with van der Waals surface area (Å²) in [5, 5.41) is 0. The number of nitrogens with two attached hydrogens (primary N) is 1. The van der Waals surface area contributed by atoms with Crippen molar-refractivity contribution in [3.63, 3.8) is 0 Å². The Balaban J connectivity index is 2.22. The van der Waals surface area contributed by atoms with Crippen molar-refractivity contribution in [3.8, 4) is 0 Å². The Hall–Kier alpha value is -1.36. The molecule has 0 radical (unpaired) electrons. The van der Waals surface area contributed by atoms with E-state index >= 15 is 0 Å². The first-order chi connectivity index (χ1) is 8.63. The smallest absolute Gasteiger partial charge is 0.145 e. The van der Waals surface area contributed by atoms with Crippen LogP contribution < -0.4 is 16.2 Å². The van der Waals surface area contributed by atoms with E-state index in [4.69, 9.17) is 5.84 Å². The van der Waals surface area contributed by atoms with Gasteiger partial charge in [-0.25, -0.2) is 15.8 Å². The van der Waals surface area contributed by atoms with E-state index in [2.05, 4.69) is 41.1 Å². The highest BCUT2D eigenvalue weighted by molar-refractivity contribution is 5.49. The van der Waals surface area contributed by atoms with Gasteiger partial charge in [-0.2, -0.15) is 0 Å². The van der Waals surface area contributed by atoms with Gasteiger partial charge in [-0.15, -0.1) is 0 Å². The van der Waals surface area contributed by atoms with Gasteiger partial charge in [-0.3, -0.25) is 0 Å². The standard InChI is InChI=1S/C13H23N5/c1-4-11-15-12(17-14)7-13(16-11)18-6-5-9(2)10(3)8-18/h7,9-10H,4-6,8,14H2,1-3H3,(H,15,16,17). The molecule has 1 aliphatic heterocycles. The van der Waals surface area contributed by atoms with E-state index in [1.165, 1.54) is 6.42 Å². The molecule has 1 aromatic rings. The highest BCUT2D eigenvalue weighted by Gasteiger charge is 2.24. The summed E-state index contributed by atoms with van der Waals surface area (Å²) in [5.41, 5.74) is 2.62. The van der Waals surface area contributed by atoms with Gasteiger partial charge in [-0.1, -0.05) is 20.8 Å². The fraction of sp³-hybridized carbons (Fsp3) is 0.692. The van der Waals surface area contributed by atoms with Crippen LogP contribution in [0.15, 0.2) is 6.07 Å². The highest BCUT2D eigenvalue weighted by atomic mass is 15.3. The molecule has 2 atom stereocenters. The lowest BCUT2D eigenvalue weighted by Crippen LogP contribution is -2.39. The zero-order valence-corrected chi connectivity index (χ0v) is 11.5. The maximum absolute atomic E-state index is 5.46. The quantitative estimate of drug-likeness (QED) is 0.631. The summed E-state index contributed by atoms with van der Waals surface area (Å²) < 4.78 is 0. The van der Waals surface area contributed by atoms with Crippen molar-refractivity contribution < 1.29 is 0 Å². The number of hydrazine groups is 1. The van der Waals surface area contributed by atoms with E-state index in [0.717, 1.165) is 37.1 Å². The normalized spacial score (nSPS) is 24.1. The van der Waals surface area contributed by atoms with Crippen molar-refractivity contribution in [2.75, 3.05) is 23.4 Å². The Kier molecular flexibility index (Phi) is 4.01. The number of piperidine rings is 1. The minimum atomic E-state index is 0.697. The number of nitrogens with one attached hydrogen (secondary N) is 1. The third-order valence-corrected chi connectivity index (χ3v) is 3.88. The maximum atomic E-state index is 5.46. The largest absolute Gasteiger partial charge is 0.356 e. The molecule has 2 unspecified atom stereocenters. The van der Waals surface area contributed by atoms with E-state index in [1.807, 2.05) is 6.07 Å². The molecule has 1 aromatic heterocycles. The molecule has 0 amide bonds. The Bertz CT molecular complexity index is 384. The summed E-state index contributed by atoms with van der Waals surface area (Å²) in [7, 11) is 0. The average molecular weight is 249 g/mol. The van der Waals surface area contributed by atoms with Crippen LogP contribution in [-0.2, 0) is 6.42 Å². The molecule has 5 heteroatoms. The van der Waals surface area contributed by atoms with Crippen LogP contribution in [0.1, 0.15) is 33.0 Å². The fourth-order valence-electron chi connectivity index (χ4n) is 2.35. The molecule has 100 valence electrons. The molecule has 1 fully saturated rings. The molecule has 1 aliphatic rings. The van der Waals surface area contributed by atoms with Gasteiger partial charge in [0.25, 0.3) is 0 Å². The summed E-state index contributed by atoms with van der Waals surface area (Å²) in [6.45, 7) is 8.81. The van der Waals surface area contributed by atoms with Gasteiger partial charge in [0.2, 0.25) is 0 Å². The zero-order chi connectivity index (χ0) is 13.1. The second kappa shape index (κ2) is 5.52. The first-order valence-electron chi connectivity index (χ1n) is 6.73. The molecule has 2 rings (SSSR count). The molecule has 18 heavy (non-hydrogen) atoms. The fourth-order valence-corrected chi connectivity index (χ4v) is 2.35. The van der Waals surface area contributed by atoms with E-state index in [9.17, 15) is 0 Å². The van der Waals surface area contributed by atoms with Gasteiger partial charge in [-0.05, 0) is 18.3 Å². The number of rotatable bonds is 3. The number of nitrogens with zero attached hydrogens (tertiary/aromatic N) is 3. The van der Waals surface area contributed by atoms with E-state index in [1.54, 1.807) is 0 Å². The number of hydrogen-bond acceptors (Lipinski definition) is 5. The molecule has 5 nitrogen and oxygen atoms in total. The molecule has 2 heterocycles. The Morgan fingerprint density at radius 3 is 2.78 bits per heavy atom. The molecule has 1 saturated heterocycles. The summed E-state index contributed by atoms with van der Waals surface area (Å²) >= 11 is 0. The van der Waals surface area contributed by atoms with Crippen molar-refractivity contribution in [2.45, 2.75) is 33.6 Å². The van der Waals surface area contributed by atoms with Crippen molar-refractivity contribution in [3.05, 3.63) is 11.9 Å². The third-order valence-electron chi connectivity index (χ3n) is 3.88. The van der Waals surface area contributed by atoms with Crippen LogP contribution in [0.2, 0.25) is 0 Å². The Labute approximate surface area is 109 Å². The topological polar surface area (TPSA) is 67.1 Å². The average Bonchev–Trinajstić information content (AvgIpc) is 2.41. The lowest BCUT2D eigenvalue weighted by atomic mass is 9.89. The molecule has 0 spiro atoms. The van der Waals surface area contributed by atoms with Crippen molar-refractivity contribution in [1.82, 2.24) is 9.97 Å². The predicted molar refractivity (Wildman–Crippen MR) is 74.4 cm³/mol. The lowest BCUT2D eigenvalue weighted by molar-refractivity contribution is 0.322. The van der Waals surface area contributed by atoms with Gasteiger partial charge < -0.3 is 10.3 Å². The minimum Gasteiger partial charge on any atom is -0.356 e. The SMILES string of the molecule is CCc1nc(NN)cc(N2CCC(C)C(C)C2)n1. The molecule has 0 aliphatic carbocycles. The second-order valence-corrected chi connectivity index (χ2v) is 5.21. The molecule has 0 aromatic carbocycles. The molecule has 3 N–H and O–H groups in total. The van der Waals surface area contributed by atoms with Crippen LogP contribution in [0.3, 0.4) is 0 Å². The third kappa shape index (κ3) is 2.72. The van der Waals surface area contributed by atoms with E-state index in [0.29, 0.717) is 11.7 Å². The minimum absolute atomic E-state index is 0.697. The maximum Gasteiger partial charge on any atom is 0.145 e. The van der Waals surface area contributed by atoms with Crippen LogP contribution in [-0.4, -0.2) is 23.1 Å². The predicted octanol–water partition coefficient (Wildman–Crippen LogP) is 1.81. The highest BCUT2D eigenvalue weighted by Crippen LogP contribution is 2.26. The number of anilines is 2. The van der Waals surface area contributed by atoms with Crippen LogP contribution >= 0.6 is 0 Å². The van der Waals surface area contributed by atoms with Gasteiger partial charge >= 0.3 is 0 Å². The molecule has 0 bridgehead atoms. The van der Waals surface area contributed by atoms with Crippen molar-refractivity contribution in [2.24, 2.45) is 17.7 Å². The number of nitrogen functional groups attached to an aromatic ring is 1. The number of aryl methyl sites for hydroxylation is 1. The van der Waals surface area contributed by atoms with E-state index in [-0.39, 0.29) is 0 Å². The monoisotopic (exact) mass is 249 g/mol. The van der Waals surface area contributed by atoms with Crippen LogP contribution in [0.25, 0.3) is 0 Å². The van der Waals surface area contributed by atoms with Gasteiger partial charge in [0, 0.05) is 25.6 Å². The van der Waals surface area contributed by atoms with Crippen LogP contribution in [0, 0.1) is 11.8 Å².